The number of benzene rings is 2. The second-order valence-electron chi connectivity index (χ2n) is 5.01. The van der Waals surface area contributed by atoms with E-state index in [9.17, 15) is 18.4 Å². The lowest BCUT2D eigenvalue weighted by Crippen LogP contribution is -2.16. The molecule has 24 heavy (non-hydrogen) atoms. The number of rotatable bonds is 5. The first-order valence-corrected chi connectivity index (χ1v) is 7.02. The summed E-state index contributed by atoms with van der Waals surface area (Å²) in [4.78, 5) is 23.6. The van der Waals surface area contributed by atoms with E-state index in [-0.39, 0.29) is 12.0 Å². The van der Waals surface area contributed by atoms with Gasteiger partial charge < -0.3 is 9.26 Å². The first-order valence-electron chi connectivity index (χ1n) is 7.02. The fourth-order valence-electron chi connectivity index (χ4n) is 2.15. The van der Waals surface area contributed by atoms with Crippen LogP contribution in [0.4, 0.5) is 8.78 Å². The van der Waals surface area contributed by atoms with Crippen molar-refractivity contribution >= 4 is 22.7 Å². The van der Waals surface area contributed by atoms with Crippen molar-refractivity contribution in [3.8, 4) is 0 Å². The number of Topliss-reactive ketones (excluding diaryl/α,β-unsaturated/α-hetero) is 1. The largest absolute Gasteiger partial charge is 0.457 e. The minimum absolute atomic E-state index is 0.0754. The van der Waals surface area contributed by atoms with Gasteiger partial charge in [0.25, 0.3) is 0 Å². The molecule has 0 radical (unpaired) electrons. The summed E-state index contributed by atoms with van der Waals surface area (Å²) in [5, 5.41) is 4.47. The summed E-state index contributed by atoms with van der Waals surface area (Å²) in [5.74, 6) is -3.50. The molecule has 5 nitrogen and oxygen atoms in total. The zero-order chi connectivity index (χ0) is 17.1. The predicted octanol–water partition coefficient (Wildman–Crippen LogP) is 3.07. The Morgan fingerprint density at radius 1 is 1.08 bits per heavy atom. The van der Waals surface area contributed by atoms with Gasteiger partial charge in [0.2, 0.25) is 0 Å². The Balaban J connectivity index is 1.61. The van der Waals surface area contributed by atoms with Gasteiger partial charge in [0.1, 0.15) is 5.69 Å². The molecule has 0 spiro atoms. The van der Waals surface area contributed by atoms with Crippen LogP contribution in [-0.4, -0.2) is 23.5 Å². The van der Waals surface area contributed by atoms with Crippen LogP contribution in [0.3, 0.4) is 0 Å². The number of carbonyl (C=O) groups is 2. The molecule has 1 aromatic heterocycles. The van der Waals surface area contributed by atoms with Crippen molar-refractivity contribution in [3.63, 3.8) is 0 Å². The van der Waals surface area contributed by atoms with E-state index in [1.54, 1.807) is 24.3 Å². The Kier molecular flexibility index (Phi) is 4.33. The summed E-state index contributed by atoms with van der Waals surface area (Å²) in [6.07, 6.45) is -0.165. The van der Waals surface area contributed by atoms with Gasteiger partial charge in [-0.1, -0.05) is 17.3 Å². The molecule has 0 atom stereocenters. The second-order valence-corrected chi connectivity index (χ2v) is 5.01. The number of para-hydroxylation sites is 1. The van der Waals surface area contributed by atoms with Crippen molar-refractivity contribution in [1.29, 1.82) is 0 Å². The summed E-state index contributed by atoms with van der Waals surface area (Å²) in [6, 6.07) is 9.74. The van der Waals surface area contributed by atoms with E-state index in [4.69, 9.17) is 9.26 Å². The van der Waals surface area contributed by atoms with Crippen LogP contribution in [0.15, 0.2) is 47.0 Å². The molecule has 7 heteroatoms. The quantitative estimate of drug-likeness (QED) is 0.531. The van der Waals surface area contributed by atoms with E-state index in [1.165, 1.54) is 0 Å². The number of ketones is 1. The molecule has 0 aliphatic rings. The van der Waals surface area contributed by atoms with E-state index in [0.29, 0.717) is 16.7 Å². The molecule has 3 rings (SSSR count). The van der Waals surface area contributed by atoms with E-state index in [2.05, 4.69) is 5.16 Å². The number of aromatic nitrogens is 1. The van der Waals surface area contributed by atoms with E-state index in [0.717, 1.165) is 18.2 Å². The summed E-state index contributed by atoms with van der Waals surface area (Å²) in [5.41, 5.74) is 0.864. The van der Waals surface area contributed by atoms with Gasteiger partial charge in [-0.05, 0) is 30.3 Å². The average molecular weight is 331 g/mol. The van der Waals surface area contributed by atoms with Gasteiger partial charge in [0, 0.05) is 10.9 Å². The monoisotopic (exact) mass is 331 g/mol. The fourth-order valence-corrected chi connectivity index (χ4v) is 2.15. The Hall–Kier alpha value is -3.09. The van der Waals surface area contributed by atoms with E-state index in [1.807, 2.05) is 0 Å². The van der Waals surface area contributed by atoms with Gasteiger partial charge in [0.15, 0.2) is 29.6 Å². The molecular weight excluding hydrogens is 320 g/mol. The van der Waals surface area contributed by atoms with Crippen LogP contribution in [0.1, 0.15) is 16.1 Å². The van der Waals surface area contributed by atoms with Crippen molar-refractivity contribution in [1.82, 2.24) is 5.16 Å². The Morgan fingerprint density at radius 2 is 1.88 bits per heavy atom. The third kappa shape index (κ3) is 3.29. The summed E-state index contributed by atoms with van der Waals surface area (Å²) in [6.45, 7) is -0.570. The third-order valence-corrected chi connectivity index (χ3v) is 3.37. The topological polar surface area (TPSA) is 69.4 Å². The first-order chi connectivity index (χ1) is 11.5. The van der Waals surface area contributed by atoms with Crippen LogP contribution >= 0.6 is 0 Å². The lowest BCUT2D eigenvalue weighted by Gasteiger charge is -2.04. The molecule has 0 saturated carbocycles. The van der Waals surface area contributed by atoms with Crippen LogP contribution in [-0.2, 0) is 16.0 Å². The second kappa shape index (κ2) is 6.57. The number of fused-ring (bicyclic) bond motifs is 1. The molecule has 0 fully saturated rings. The van der Waals surface area contributed by atoms with Gasteiger partial charge in [-0.15, -0.1) is 0 Å². The Morgan fingerprint density at radius 3 is 2.67 bits per heavy atom. The smallest absolute Gasteiger partial charge is 0.312 e. The molecule has 0 aliphatic carbocycles. The number of esters is 1. The van der Waals surface area contributed by atoms with Gasteiger partial charge >= 0.3 is 5.97 Å². The van der Waals surface area contributed by atoms with Crippen LogP contribution in [0.25, 0.3) is 11.0 Å². The molecule has 3 aromatic rings. The highest BCUT2D eigenvalue weighted by atomic mass is 19.2. The van der Waals surface area contributed by atoms with E-state index < -0.39 is 30.0 Å². The zero-order valence-electron chi connectivity index (χ0n) is 12.3. The van der Waals surface area contributed by atoms with Gasteiger partial charge in [-0.3, -0.25) is 9.59 Å². The van der Waals surface area contributed by atoms with Gasteiger partial charge in [0.05, 0.1) is 6.42 Å². The summed E-state index contributed by atoms with van der Waals surface area (Å²) >= 11 is 0. The van der Waals surface area contributed by atoms with Crippen molar-refractivity contribution < 1.29 is 27.6 Å². The molecule has 0 N–H and O–H groups in total. The molecule has 0 unspecified atom stereocenters. The van der Waals surface area contributed by atoms with Crippen molar-refractivity contribution in [3.05, 3.63) is 65.4 Å². The summed E-state index contributed by atoms with van der Waals surface area (Å²) < 4.78 is 35.8. The number of hydrogen-bond acceptors (Lipinski definition) is 5. The number of ether oxygens (including phenoxy) is 1. The fraction of sp³-hybridized carbons (Fsp3) is 0.118. The maximum absolute atomic E-state index is 13.1. The highest BCUT2D eigenvalue weighted by Crippen LogP contribution is 2.18. The van der Waals surface area contributed by atoms with Crippen LogP contribution in [0, 0.1) is 11.6 Å². The molecule has 0 aliphatic heterocycles. The predicted molar refractivity (Wildman–Crippen MR) is 79.4 cm³/mol. The maximum Gasteiger partial charge on any atom is 0.312 e. The highest BCUT2D eigenvalue weighted by Gasteiger charge is 2.16. The van der Waals surface area contributed by atoms with Crippen molar-refractivity contribution in [2.45, 2.75) is 6.42 Å². The highest BCUT2D eigenvalue weighted by molar-refractivity contribution is 5.98. The Bertz CT molecular complexity index is 920. The normalized spacial score (nSPS) is 10.8. The summed E-state index contributed by atoms with van der Waals surface area (Å²) in [7, 11) is 0. The standard InChI is InChI=1S/C17H11F2NO4/c18-12-6-5-10(7-13(12)19)15(21)9-23-17(22)8-14-11-3-1-2-4-16(11)24-20-14/h1-7H,8-9H2. The molecule has 1 heterocycles. The van der Waals surface area contributed by atoms with Crippen LogP contribution in [0.5, 0.6) is 0 Å². The molecular formula is C17H11F2NO4. The zero-order valence-corrected chi connectivity index (χ0v) is 12.3. The minimum Gasteiger partial charge on any atom is -0.457 e. The third-order valence-electron chi connectivity index (χ3n) is 3.37. The van der Waals surface area contributed by atoms with Crippen LogP contribution in [0.2, 0.25) is 0 Å². The molecule has 0 amide bonds. The lowest BCUT2D eigenvalue weighted by molar-refractivity contribution is -0.141. The molecule has 2 aromatic carbocycles. The van der Waals surface area contributed by atoms with Crippen LogP contribution < -0.4 is 0 Å². The number of hydrogen-bond donors (Lipinski definition) is 0. The molecule has 0 saturated heterocycles. The average Bonchev–Trinajstić information content (AvgIpc) is 2.98. The maximum atomic E-state index is 13.1. The SMILES string of the molecule is O=C(Cc1noc2ccccc12)OCC(=O)c1ccc(F)c(F)c1. The van der Waals surface area contributed by atoms with Crippen molar-refractivity contribution in [2.75, 3.05) is 6.61 Å². The Labute approximate surface area is 134 Å². The first kappa shape index (κ1) is 15.8. The van der Waals surface area contributed by atoms with Gasteiger partial charge in [-0.2, -0.15) is 0 Å². The van der Waals surface area contributed by atoms with E-state index >= 15 is 0 Å². The number of nitrogens with zero attached hydrogens (tertiary/aromatic N) is 1. The number of halogens is 2. The minimum atomic E-state index is -1.14. The molecule has 0 bridgehead atoms. The number of carbonyl (C=O) groups excluding carboxylic acids is 2. The molecule has 122 valence electrons. The van der Waals surface area contributed by atoms with Crippen molar-refractivity contribution in [2.24, 2.45) is 0 Å². The lowest BCUT2D eigenvalue weighted by atomic mass is 10.1. The van der Waals surface area contributed by atoms with Gasteiger partial charge in [-0.25, -0.2) is 8.78 Å².